The summed E-state index contributed by atoms with van der Waals surface area (Å²) in [4.78, 5) is 15.6. The maximum absolute atomic E-state index is 12.3. The minimum absolute atomic E-state index is 0.0733. The van der Waals surface area contributed by atoms with Gasteiger partial charge in [-0.3, -0.25) is 4.79 Å². The Morgan fingerprint density at radius 3 is 2.35 bits per heavy atom. The van der Waals surface area contributed by atoms with E-state index in [1.54, 1.807) is 11.8 Å². The molecule has 106 valence electrons. The number of aromatic nitrogens is 3. The highest BCUT2D eigenvalue weighted by molar-refractivity contribution is 9.10. The summed E-state index contributed by atoms with van der Waals surface area (Å²) in [6.07, 6.45) is 0. The van der Waals surface area contributed by atoms with Crippen molar-refractivity contribution < 1.29 is 4.79 Å². The third kappa shape index (κ3) is 2.90. The Morgan fingerprint density at radius 2 is 1.80 bits per heavy atom. The molecule has 0 saturated heterocycles. The molecular formula is C14H17BrN4O. The Kier molecular flexibility index (Phi) is 4.54. The van der Waals surface area contributed by atoms with Crippen molar-refractivity contribution in [3.05, 3.63) is 40.1 Å². The standard InChI is InChI=1S/C14H17BrN4O/c1-4-18(5-2)14(20)13-10(3)16-19(17-13)12-8-6-11(15)7-9-12/h6-9H,4-5H2,1-3H3. The molecule has 0 saturated carbocycles. The molecule has 0 bridgehead atoms. The molecule has 20 heavy (non-hydrogen) atoms. The summed E-state index contributed by atoms with van der Waals surface area (Å²) in [5.74, 6) is -0.0733. The van der Waals surface area contributed by atoms with E-state index in [0.29, 0.717) is 24.5 Å². The highest BCUT2D eigenvalue weighted by atomic mass is 79.9. The first-order valence-corrected chi connectivity index (χ1v) is 7.35. The molecule has 6 heteroatoms. The molecule has 1 aromatic carbocycles. The maximum Gasteiger partial charge on any atom is 0.276 e. The van der Waals surface area contributed by atoms with Crippen LogP contribution in [0, 0.1) is 6.92 Å². The molecule has 0 aliphatic carbocycles. The lowest BCUT2D eigenvalue weighted by Crippen LogP contribution is -2.31. The zero-order valence-corrected chi connectivity index (χ0v) is 13.4. The van der Waals surface area contributed by atoms with Crippen molar-refractivity contribution in [1.82, 2.24) is 19.9 Å². The number of aryl methyl sites for hydroxylation is 1. The van der Waals surface area contributed by atoms with Crippen molar-refractivity contribution in [2.45, 2.75) is 20.8 Å². The second kappa shape index (κ2) is 6.17. The van der Waals surface area contributed by atoms with Gasteiger partial charge in [-0.05, 0) is 45.0 Å². The molecule has 1 heterocycles. The first-order chi connectivity index (χ1) is 9.56. The monoisotopic (exact) mass is 336 g/mol. The Morgan fingerprint density at radius 1 is 1.20 bits per heavy atom. The Bertz CT molecular complexity index is 602. The molecule has 1 amide bonds. The van der Waals surface area contributed by atoms with Crippen molar-refractivity contribution in [3.8, 4) is 5.69 Å². The summed E-state index contributed by atoms with van der Waals surface area (Å²) >= 11 is 3.39. The fraction of sp³-hybridized carbons (Fsp3) is 0.357. The summed E-state index contributed by atoms with van der Waals surface area (Å²) in [6.45, 7) is 7.05. The smallest absolute Gasteiger partial charge is 0.276 e. The van der Waals surface area contributed by atoms with E-state index in [2.05, 4.69) is 26.1 Å². The molecule has 0 spiro atoms. The van der Waals surface area contributed by atoms with Gasteiger partial charge in [0.1, 0.15) is 0 Å². The van der Waals surface area contributed by atoms with Gasteiger partial charge in [-0.1, -0.05) is 15.9 Å². The van der Waals surface area contributed by atoms with Crippen LogP contribution in [-0.2, 0) is 0 Å². The molecule has 0 aliphatic heterocycles. The average Bonchev–Trinajstić information content (AvgIpc) is 2.83. The van der Waals surface area contributed by atoms with Crippen molar-refractivity contribution in [3.63, 3.8) is 0 Å². The van der Waals surface area contributed by atoms with Crippen LogP contribution >= 0.6 is 15.9 Å². The van der Waals surface area contributed by atoms with E-state index in [1.807, 2.05) is 38.1 Å². The summed E-state index contributed by atoms with van der Waals surface area (Å²) < 4.78 is 0.990. The van der Waals surface area contributed by atoms with Crippen LogP contribution in [0.5, 0.6) is 0 Å². The molecule has 0 unspecified atom stereocenters. The maximum atomic E-state index is 12.3. The summed E-state index contributed by atoms with van der Waals surface area (Å²) in [5.41, 5.74) is 1.89. The molecule has 1 aromatic heterocycles. The highest BCUT2D eigenvalue weighted by Gasteiger charge is 2.20. The number of amides is 1. The number of hydrogen-bond acceptors (Lipinski definition) is 3. The van der Waals surface area contributed by atoms with Gasteiger partial charge in [-0.25, -0.2) is 0 Å². The minimum Gasteiger partial charge on any atom is -0.338 e. The van der Waals surface area contributed by atoms with Crippen LogP contribution in [0.3, 0.4) is 0 Å². The van der Waals surface area contributed by atoms with Crippen LogP contribution in [0.1, 0.15) is 30.0 Å². The average molecular weight is 337 g/mol. The normalized spacial score (nSPS) is 10.6. The van der Waals surface area contributed by atoms with Gasteiger partial charge < -0.3 is 4.90 Å². The molecule has 0 N–H and O–H groups in total. The fourth-order valence-electron chi connectivity index (χ4n) is 1.93. The molecule has 0 aliphatic rings. The number of carbonyl (C=O) groups excluding carboxylic acids is 1. The van der Waals surface area contributed by atoms with Gasteiger partial charge in [0, 0.05) is 17.6 Å². The number of carbonyl (C=O) groups is 1. The van der Waals surface area contributed by atoms with E-state index in [1.165, 1.54) is 4.80 Å². The van der Waals surface area contributed by atoms with Gasteiger partial charge in [0.05, 0.1) is 11.4 Å². The lowest BCUT2D eigenvalue weighted by molar-refractivity contribution is 0.0766. The van der Waals surface area contributed by atoms with E-state index < -0.39 is 0 Å². The Balaban J connectivity index is 2.34. The van der Waals surface area contributed by atoms with E-state index in [-0.39, 0.29) is 5.91 Å². The van der Waals surface area contributed by atoms with Crippen LogP contribution in [0.2, 0.25) is 0 Å². The molecule has 0 atom stereocenters. The lowest BCUT2D eigenvalue weighted by atomic mass is 10.3. The third-order valence-electron chi connectivity index (χ3n) is 3.09. The largest absolute Gasteiger partial charge is 0.338 e. The van der Waals surface area contributed by atoms with Gasteiger partial charge in [0.25, 0.3) is 5.91 Å². The quantitative estimate of drug-likeness (QED) is 0.862. The van der Waals surface area contributed by atoms with Gasteiger partial charge >= 0.3 is 0 Å². The first-order valence-electron chi connectivity index (χ1n) is 6.56. The van der Waals surface area contributed by atoms with Gasteiger partial charge in [0.2, 0.25) is 0 Å². The highest BCUT2D eigenvalue weighted by Crippen LogP contribution is 2.14. The number of rotatable bonds is 4. The van der Waals surface area contributed by atoms with Crippen molar-refractivity contribution in [2.75, 3.05) is 13.1 Å². The fourth-order valence-corrected chi connectivity index (χ4v) is 2.19. The van der Waals surface area contributed by atoms with Crippen molar-refractivity contribution >= 4 is 21.8 Å². The summed E-state index contributed by atoms with van der Waals surface area (Å²) in [7, 11) is 0. The Labute approximate surface area is 126 Å². The zero-order valence-electron chi connectivity index (χ0n) is 11.8. The summed E-state index contributed by atoms with van der Waals surface area (Å²) in [6, 6.07) is 7.63. The molecule has 0 radical (unpaired) electrons. The van der Waals surface area contributed by atoms with Gasteiger partial charge in [0.15, 0.2) is 5.69 Å². The summed E-state index contributed by atoms with van der Waals surface area (Å²) in [5, 5.41) is 8.65. The van der Waals surface area contributed by atoms with Crippen LogP contribution < -0.4 is 0 Å². The number of hydrogen-bond donors (Lipinski definition) is 0. The van der Waals surface area contributed by atoms with E-state index in [0.717, 1.165) is 10.2 Å². The number of benzene rings is 1. The first kappa shape index (κ1) is 14.7. The van der Waals surface area contributed by atoms with Crippen molar-refractivity contribution in [2.24, 2.45) is 0 Å². The van der Waals surface area contributed by atoms with Gasteiger partial charge in [-0.15, -0.1) is 5.10 Å². The van der Waals surface area contributed by atoms with E-state index in [9.17, 15) is 4.79 Å². The predicted molar refractivity (Wildman–Crippen MR) is 81.0 cm³/mol. The minimum atomic E-state index is -0.0733. The number of halogens is 1. The topological polar surface area (TPSA) is 51.0 Å². The van der Waals surface area contributed by atoms with Crippen LogP contribution in [0.15, 0.2) is 28.7 Å². The third-order valence-corrected chi connectivity index (χ3v) is 3.62. The SMILES string of the molecule is CCN(CC)C(=O)c1nn(-c2ccc(Br)cc2)nc1C. The van der Waals surface area contributed by atoms with Crippen molar-refractivity contribution in [1.29, 1.82) is 0 Å². The van der Waals surface area contributed by atoms with Crippen LogP contribution in [0.4, 0.5) is 0 Å². The molecule has 2 rings (SSSR count). The van der Waals surface area contributed by atoms with Gasteiger partial charge in [-0.2, -0.15) is 9.90 Å². The Hall–Kier alpha value is -1.69. The van der Waals surface area contributed by atoms with E-state index >= 15 is 0 Å². The second-order valence-corrected chi connectivity index (χ2v) is 5.29. The molecule has 2 aromatic rings. The second-order valence-electron chi connectivity index (χ2n) is 4.38. The number of nitrogens with zero attached hydrogens (tertiary/aromatic N) is 4. The lowest BCUT2D eigenvalue weighted by Gasteiger charge is -2.16. The van der Waals surface area contributed by atoms with Crippen LogP contribution in [0.25, 0.3) is 5.69 Å². The van der Waals surface area contributed by atoms with E-state index in [4.69, 9.17) is 0 Å². The molecule has 0 fully saturated rings. The molecule has 5 nitrogen and oxygen atoms in total. The zero-order chi connectivity index (χ0) is 14.7. The van der Waals surface area contributed by atoms with Crippen LogP contribution in [-0.4, -0.2) is 38.9 Å². The molecular weight excluding hydrogens is 320 g/mol. The predicted octanol–water partition coefficient (Wildman–Crippen LogP) is 2.82.